The van der Waals surface area contributed by atoms with Crippen molar-refractivity contribution in [3.05, 3.63) is 107 Å². The summed E-state index contributed by atoms with van der Waals surface area (Å²) in [5, 5.41) is 0. The molecule has 23 heavy (non-hydrogen) atoms. The second kappa shape index (κ2) is 5.44. The van der Waals surface area contributed by atoms with Gasteiger partial charge in [-0.25, -0.2) is 0 Å². The maximum Gasteiger partial charge on any atom is 0.157 e. The Labute approximate surface area is 136 Å². The molecule has 0 saturated heterocycles. The van der Waals surface area contributed by atoms with Crippen molar-refractivity contribution in [3.63, 3.8) is 0 Å². The summed E-state index contributed by atoms with van der Waals surface area (Å²) in [5.74, 6) is 0.929. The Bertz CT molecular complexity index is 849. The van der Waals surface area contributed by atoms with Gasteiger partial charge in [0.05, 0.1) is 0 Å². The molecule has 1 aliphatic rings. The van der Waals surface area contributed by atoms with E-state index in [0.717, 1.165) is 11.3 Å². The predicted octanol–water partition coefficient (Wildman–Crippen LogP) is 5.48. The van der Waals surface area contributed by atoms with Gasteiger partial charge in [-0.05, 0) is 24.1 Å². The Balaban J connectivity index is 1.86. The smallest absolute Gasteiger partial charge is 0.157 e. The van der Waals surface area contributed by atoms with Gasteiger partial charge in [0.15, 0.2) is 5.60 Å². The Kier molecular flexibility index (Phi) is 3.27. The molecule has 1 heteroatoms. The maximum atomic E-state index is 6.47. The van der Waals surface area contributed by atoms with E-state index >= 15 is 0 Å². The Hall–Kier alpha value is -2.80. The molecule has 0 fully saturated rings. The molecule has 112 valence electrons. The van der Waals surface area contributed by atoms with E-state index in [-0.39, 0.29) is 0 Å². The standard InChI is InChI=1S/C22H18O/c1-22(18-12-6-3-7-13-18)20-15-9-8-14-19(20)21(23-22)16-17-10-4-2-5-11-17/h2-16H,1H3/b21-16+. The fourth-order valence-electron chi connectivity index (χ4n) is 3.22. The maximum absolute atomic E-state index is 6.47. The van der Waals surface area contributed by atoms with Crippen LogP contribution in [0, 0.1) is 0 Å². The number of hydrogen-bond donors (Lipinski definition) is 0. The zero-order chi connectivity index (χ0) is 15.7. The summed E-state index contributed by atoms with van der Waals surface area (Å²) in [6.45, 7) is 2.15. The van der Waals surface area contributed by atoms with Crippen LogP contribution in [-0.2, 0) is 10.3 Å². The van der Waals surface area contributed by atoms with Crippen LogP contribution in [-0.4, -0.2) is 0 Å². The van der Waals surface area contributed by atoms with E-state index in [0.29, 0.717) is 0 Å². The molecule has 0 bridgehead atoms. The van der Waals surface area contributed by atoms with Gasteiger partial charge in [-0.2, -0.15) is 0 Å². The van der Waals surface area contributed by atoms with Crippen molar-refractivity contribution < 1.29 is 4.74 Å². The minimum absolute atomic E-state index is 0.446. The SMILES string of the molecule is CC1(c2ccccc2)O/C(=C/c2ccccc2)c2ccccc21. The van der Waals surface area contributed by atoms with Gasteiger partial charge in [0.1, 0.15) is 5.76 Å². The minimum Gasteiger partial charge on any atom is -0.477 e. The van der Waals surface area contributed by atoms with Crippen molar-refractivity contribution in [3.8, 4) is 0 Å². The summed E-state index contributed by atoms with van der Waals surface area (Å²) in [7, 11) is 0. The van der Waals surface area contributed by atoms with Gasteiger partial charge in [0.25, 0.3) is 0 Å². The third-order valence-corrected chi connectivity index (χ3v) is 4.44. The van der Waals surface area contributed by atoms with Crippen LogP contribution < -0.4 is 0 Å². The van der Waals surface area contributed by atoms with E-state index in [1.807, 2.05) is 24.3 Å². The molecule has 1 aliphatic heterocycles. The van der Waals surface area contributed by atoms with Crippen LogP contribution in [0.4, 0.5) is 0 Å². The Morgan fingerprint density at radius 2 is 1.35 bits per heavy atom. The molecule has 0 radical (unpaired) electrons. The number of rotatable bonds is 2. The highest BCUT2D eigenvalue weighted by Gasteiger charge is 2.40. The highest BCUT2D eigenvalue weighted by Crippen LogP contribution is 2.47. The lowest BCUT2D eigenvalue weighted by molar-refractivity contribution is 0.117. The van der Waals surface area contributed by atoms with Gasteiger partial charge in [-0.1, -0.05) is 84.9 Å². The lowest BCUT2D eigenvalue weighted by Crippen LogP contribution is -2.21. The average molecular weight is 298 g/mol. The minimum atomic E-state index is -0.446. The first kappa shape index (κ1) is 13.8. The van der Waals surface area contributed by atoms with Gasteiger partial charge in [0.2, 0.25) is 0 Å². The van der Waals surface area contributed by atoms with Crippen molar-refractivity contribution in [2.75, 3.05) is 0 Å². The number of hydrogen-bond acceptors (Lipinski definition) is 1. The molecule has 0 N–H and O–H groups in total. The van der Waals surface area contributed by atoms with Crippen LogP contribution in [0.25, 0.3) is 11.8 Å². The molecule has 1 atom stereocenters. The fraction of sp³-hybridized carbons (Fsp3) is 0.0909. The molecule has 1 nitrogen and oxygen atoms in total. The van der Waals surface area contributed by atoms with E-state index in [2.05, 4.69) is 73.7 Å². The first-order chi connectivity index (χ1) is 11.3. The third kappa shape index (κ3) is 2.35. The Morgan fingerprint density at radius 3 is 2.09 bits per heavy atom. The molecule has 1 unspecified atom stereocenters. The van der Waals surface area contributed by atoms with Gasteiger partial charge in [-0.3, -0.25) is 0 Å². The lowest BCUT2D eigenvalue weighted by Gasteiger charge is -2.25. The molecular weight excluding hydrogens is 280 g/mol. The predicted molar refractivity (Wildman–Crippen MR) is 94.7 cm³/mol. The summed E-state index contributed by atoms with van der Waals surface area (Å²) in [4.78, 5) is 0. The molecule has 0 aliphatic carbocycles. The van der Waals surface area contributed by atoms with Crippen molar-refractivity contribution in [2.24, 2.45) is 0 Å². The molecule has 3 aromatic carbocycles. The van der Waals surface area contributed by atoms with E-state index in [9.17, 15) is 0 Å². The Morgan fingerprint density at radius 1 is 0.739 bits per heavy atom. The molecular formula is C22H18O. The van der Waals surface area contributed by atoms with Crippen LogP contribution in [0.15, 0.2) is 84.9 Å². The first-order valence-corrected chi connectivity index (χ1v) is 7.88. The van der Waals surface area contributed by atoms with Gasteiger partial charge >= 0.3 is 0 Å². The summed E-state index contributed by atoms with van der Waals surface area (Å²) in [6, 6.07) is 29.2. The van der Waals surface area contributed by atoms with Crippen LogP contribution >= 0.6 is 0 Å². The van der Waals surface area contributed by atoms with Crippen molar-refractivity contribution in [2.45, 2.75) is 12.5 Å². The van der Waals surface area contributed by atoms with Crippen molar-refractivity contribution >= 4 is 11.8 Å². The molecule has 0 spiro atoms. The highest BCUT2D eigenvalue weighted by atomic mass is 16.5. The molecule has 0 amide bonds. The van der Waals surface area contributed by atoms with Crippen LogP contribution in [0.3, 0.4) is 0 Å². The van der Waals surface area contributed by atoms with Crippen LogP contribution in [0.2, 0.25) is 0 Å². The zero-order valence-electron chi connectivity index (χ0n) is 13.1. The van der Waals surface area contributed by atoms with E-state index in [1.165, 1.54) is 16.7 Å². The number of fused-ring (bicyclic) bond motifs is 1. The van der Waals surface area contributed by atoms with E-state index in [4.69, 9.17) is 4.74 Å². The lowest BCUT2D eigenvalue weighted by atomic mass is 9.87. The number of ether oxygens (including phenoxy) is 1. The summed E-state index contributed by atoms with van der Waals surface area (Å²) < 4.78 is 6.47. The van der Waals surface area contributed by atoms with Gasteiger partial charge in [-0.15, -0.1) is 0 Å². The highest BCUT2D eigenvalue weighted by molar-refractivity contribution is 5.82. The molecule has 0 saturated carbocycles. The summed E-state index contributed by atoms with van der Waals surface area (Å²) in [5.41, 5.74) is 4.26. The largest absolute Gasteiger partial charge is 0.477 e. The van der Waals surface area contributed by atoms with Gasteiger partial charge < -0.3 is 4.74 Å². The molecule has 3 aromatic rings. The second-order valence-corrected chi connectivity index (χ2v) is 5.97. The quantitative estimate of drug-likeness (QED) is 0.609. The first-order valence-electron chi connectivity index (χ1n) is 7.88. The van der Waals surface area contributed by atoms with E-state index < -0.39 is 5.60 Å². The average Bonchev–Trinajstić information content (AvgIpc) is 2.91. The normalized spacial score (nSPS) is 21.0. The second-order valence-electron chi connectivity index (χ2n) is 5.97. The molecule has 1 heterocycles. The topological polar surface area (TPSA) is 9.23 Å². The molecule has 4 rings (SSSR count). The van der Waals surface area contributed by atoms with Crippen molar-refractivity contribution in [1.82, 2.24) is 0 Å². The molecule has 0 aromatic heterocycles. The fourth-order valence-corrected chi connectivity index (χ4v) is 3.22. The van der Waals surface area contributed by atoms with E-state index in [1.54, 1.807) is 0 Å². The number of benzene rings is 3. The van der Waals surface area contributed by atoms with Crippen LogP contribution in [0.5, 0.6) is 0 Å². The summed E-state index contributed by atoms with van der Waals surface area (Å²) >= 11 is 0. The monoisotopic (exact) mass is 298 g/mol. The third-order valence-electron chi connectivity index (χ3n) is 4.44. The van der Waals surface area contributed by atoms with Crippen LogP contribution in [0.1, 0.15) is 29.2 Å². The van der Waals surface area contributed by atoms with Gasteiger partial charge in [0, 0.05) is 11.1 Å². The zero-order valence-corrected chi connectivity index (χ0v) is 13.1. The van der Waals surface area contributed by atoms with Crippen molar-refractivity contribution in [1.29, 1.82) is 0 Å². The summed E-state index contributed by atoms with van der Waals surface area (Å²) in [6.07, 6.45) is 2.12.